The van der Waals surface area contributed by atoms with E-state index in [9.17, 15) is 4.39 Å². The van der Waals surface area contributed by atoms with Gasteiger partial charge in [-0.3, -0.25) is 4.90 Å². The van der Waals surface area contributed by atoms with Crippen LogP contribution < -0.4 is 4.90 Å². The number of benzene rings is 1. The summed E-state index contributed by atoms with van der Waals surface area (Å²) < 4.78 is 13.9. The molecule has 2 aliphatic heterocycles. The number of anilines is 1. The van der Waals surface area contributed by atoms with Gasteiger partial charge in [-0.2, -0.15) is 0 Å². The molecule has 0 spiro atoms. The van der Waals surface area contributed by atoms with E-state index in [0.29, 0.717) is 11.4 Å². The maximum Gasteiger partial charge on any atom is 0.129 e. The van der Waals surface area contributed by atoms with Gasteiger partial charge in [-0.15, -0.1) is 0 Å². The predicted octanol–water partition coefficient (Wildman–Crippen LogP) is 3.40. The molecule has 0 bridgehead atoms. The zero-order chi connectivity index (χ0) is 13.2. The molecule has 0 N–H and O–H groups in total. The average Bonchev–Trinajstić information content (AvgIpc) is 2.76. The monoisotopic (exact) mass is 326 g/mol. The number of hydrogen-bond acceptors (Lipinski definition) is 2. The molecule has 1 aromatic rings. The standard InChI is InChI=1S/C15H20BrFN2/c16-10-13-14(17)5-1-6-15(13)19-9-3-8-18-7-2-4-12(18)11-19/h1,5-6,12H,2-4,7-11H2. The highest BCUT2D eigenvalue weighted by atomic mass is 79.9. The van der Waals surface area contributed by atoms with Crippen molar-refractivity contribution in [2.24, 2.45) is 0 Å². The van der Waals surface area contributed by atoms with Crippen LogP contribution in [0.3, 0.4) is 0 Å². The van der Waals surface area contributed by atoms with Gasteiger partial charge in [0.25, 0.3) is 0 Å². The summed E-state index contributed by atoms with van der Waals surface area (Å²) in [5.74, 6) is -0.0955. The highest BCUT2D eigenvalue weighted by molar-refractivity contribution is 9.08. The van der Waals surface area contributed by atoms with Crippen molar-refractivity contribution in [2.75, 3.05) is 31.1 Å². The fourth-order valence-corrected chi connectivity index (χ4v) is 3.96. The topological polar surface area (TPSA) is 6.48 Å². The Bertz CT molecular complexity index is 452. The first-order valence-electron chi connectivity index (χ1n) is 7.12. The first kappa shape index (κ1) is 13.4. The molecule has 0 aliphatic carbocycles. The van der Waals surface area contributed by atoms with E-state index >= 15 is 0 Å². The zero-order valence-electron chi connectivity index (χ0n) is 11.1. The van der Waals surface area contributed by atoms with Crippen LogP contribution in [0.2, 0.25) is 0 Å². The molecular weight excluding hydrogens is 307 g/mol. The lowest BCUT2D eigenvalue weighted by atomic mass is 10.1. The fourth-order valence-electron chi connectivity index (χ4n) is 3.40. The first-order chi connectivity index (χ1) is 9.29. The highest BCUT2D eigenvalue weighted by Crippen LogP contribution is 2.29. The minimum absolute atomic E-state index is 0.0955. The van der Waals surface area contributed by atoms with Gasteiger partial charge in [-0.25, -0.2) is 4.39 Å². The highest BCUT2D eigenvalue weighted by Gasteiger charge is 2.29. The molecule has 2 fully saturated rings. The van der Waals surface area contributed by atoms with E-state index in [0.717, 1.165) is 24.3 Å². The van der Waals surface area contributed by atoms with Crippen LogP contribution in [-0.4, -0.2) is 37.1 Å². The second-order valence-corrected chi connectivity index (χ2v) is 6.06. The van der Waals surface area contributed by atoms with E-state index in [2.05, 4.69) is 31.8 Å². The van der Waals surface area contributed by atoms with Gasteiger partial charge in [-0.05, 0) is 37.9 Å². The van der Waals surface area contributed by atoms with Gasteiger partial charge in [0.15, 0.2) is 0 Å². The Kier molecular flexibility index (Phi) is 4.08. The normalized spacial score (nSPS) is 24.3. The fraction of sp³-hybridized carbons (Fsp3) is 0.600. The number of halogens is 2. The lowest BCUT2D eigenvalue weighted by Gasteiger charge is -2.29. The largest absolute Gasteiger partial charge is 0.370 e. The SMILES string of the molecule is Fc1cccc(N2CCCN3CCCC3C2)c1CBr. The third-order valence-corrected chi connectivity index (χ3v) is 4.93. The molecule has 2 saturated heterocycles. The molecular formula is C15H20BrFN2. The van der Waals surface area contributed by atoms with Crippen LogP contribution in [0, 0.1) is 5.82 Å². The number of hydrogen-bond donors (Lipinski definition) is 0. The van der Waals surface area contributed by atoms with E-state index < -0.39 is 0 Å². The lowest BCUT2D eigenvalue weighted by molar-refractivity contribution is 0.273. The van der Waals surface area contributed by atoms with Crippen molar-refractivity contribution in [3.05, 3.63) is 29.6 Å². The van der Waals surface area contributed by atoms with Gasteiger partial charge in [0.05, 0.1) is 0 Å². The zero-order valence-corrected chi connectivity index (χ0v) is 12.7. The average molecular weight is 327 g/mol. The molecule has 104 valence electrons. The van der Waals surface area contributed by atoms with E-state index in [4.69, 9.17) is 0 Å². The van der Waals surface area contributed by atoms with Crippen molar-refractivity contribution in [3.63, 3.8) is 0 Å². The molecule has 1 aromatic carbocycles. The van der Waals surface area contributed by atoms with Crippen LogP contribution >= 0.6 is 15.9 Å². The van der Waals surface area contributed by atoms with Crippen molar-refractivity contribution >= 4 is 21.6 Å². The molecule has 0 amide bonds. The number of rotatable bonds is 2. The minimum Gasteiger partial charge on any atom is -0.370 e. The van der Waals surface area contributed by atoms with E-state index in [1.807, 2.05) is 6.07 Å². The van der Waals surface area contributed by atoms with Crippen molar-refractivity contribution in [1.29, 1.82) is 0 Å². The summed E-state index contributed by atoms with van der Waals surface area (Å²) in [5.41, 5.74) is 1.87. The minimum atomic E-state index is -0.0955. The first-order valence-corrected chi connectivity index (χ1v) is 8.24. The van der Waals surface area contributed by atoms with Gasteiger partial charge in [-0.1, -0.05) is 22.0 Å². The van der Waals surface area contributed by atoms with Gasteiger partial charge in [0.2, 0.25) is 0 Å². The molecule has 2 heterocycles. The maximum absolute atomic E-state index is 13.9. The Morgan fingerprint density at radius 2 is 2.05 bits per heavy atom. The predicted molar refractivity (Wildman–Crippen MR) is 80.5 cm³/mol. The molecule has 2 nitrogen and oxygen atoms in total. The van der Waals surface area contributed by atoms with Crippen molar-refractivity contribution in [2.45, 2.75) is 30.6 Å². The van der Waals surface area contributed by atoms with Gasteiger partial charge >= 0.3 is 0 Å². The molecule has 0 aromatic heterocycles. The second-order valence-electron chi connectivity index (χ2n) is 5.50. The van der Waals surface area contributed by atoms with E-state index in [-0.39, 0.29) is 5.82 Å². The summed E-state index contributed by atoms with van der Waals surface area (Å²) in [6, 6.07) is 6.10. The number of nitrogens with zero attached hydrogens (tertiary/aromatic N) is 2. The lowest BCUT2D eigenvalue weighted by Crippen LogP contribution is -2.37. The Labute approximate surface area is 122 Å². The molecule has 0 radical (unpaired) electrons. The van der Waals surface area contributed by atoms with Gasteiger partial charge in [0.1, 0.15) is 5.82 Å². The molecule has 1 unspecified atom stereocenters. The molecule has 4 heteroatoms. The molecule has 1 atom stereocenters. The molecule has 3 rings (SSSR count). The number of alkyl halides is 1. The van der Waals surface area contributed by atoms with Crippen LogP contribution in [0.5, 0.6) is 0 Å². The second kappa shape index (κ2) is 5.80. The van der Waals surface area contributed by atoms with E-state index in [1.54, 1.807) is 6.07 Å². The summed E-state index contributed by atoms with van der Waals surface area (Å²) >= 11 is 3.42. The van der Waals surface area contributed by atoms with Crippen molar-refractivity contribution < 1.29 is 4.39 Å². The van der Waals surface area contributed by atoms with Crippen molar-refractivity contribution in [1.82, 2.24) is 4.90 Å². The third kappa shape index (κ3) is 2.65. The molecule has 0 saturated carbocycles. The summed E-state index contributed by atoms with van der Waals surface area (Å²) in [6.07, 6.45) is 3.77. The van der Waals surface area contributed by atoms with Crippen LogP contribution in [0.1, 0.15) is 24.8 Å². The Hall–Kier alpha value is -0.610. The molecule has 2 aliphatic rings. The van der Waals surface area contributed by atoms with Crippen LogP contribution in [0.15, 0.2) is 18.2 Å². The Morgan fingerprint density at radius 1 is 1.21 bits per heavy atom. The summed E-state index contributed by atoms with van der Waals surface area (Å²) in [4.78, 5) is 4.99. The van der Waals surface area contributed by atoms with E-state index in [1.165, 1.54) is 32.4 Å². The summed E-state index contributed by atoms with van der Waals surface area (Å²) in [7, 11) is 0. The molecule has 19 heavy (non-hydrogen) atoms. The van der Waals surface area contributed by atoms with Crippen molar-refractivity contribution in [3.8, 4) is 0 Å². The Balaban J connectivity index is 1.87. The summed E-state index contributed by atoms with van der Waals surface area (Å²) in [6.45, 7) is 4.52. The third-order valence-electron chi connectivity index (χ3n) is 4.37. The summed E-state index contributed by atoms with van der Waals surface area (Å²) in [5, 5.41) is 0.583. The Morgan fingerprint density at radius 3 is 2.89 bits per heavy atom. The van der Waals surface area contributed by atoms with Crippen LogP contribution in [-0.2, 0) is 5.33 Å². The van der Waals surface area contributed by atoms with Crippen LogP contribution in [0.25, 0.3) is 0 Å². The van der Waals surface area contributed by atoms with Gasteiger partial charge < -0.3 is 4.90 Å². The number of fused-ring (bicyclic) bond motifs is 1. The van der Waals surface area contributed by atoms with Crippen LogP contribution in [0.4, 0.5) is 10.1 Å². The van der Waals surface area contributed by atoms with Gasteiger partial charge in [0, 0.05) is 42.3 Å². The smallest absolute Gasteiger partial charge is 0.129 e. The maximum atomic E-state index is 13.9. The quantitative estimate of drug-likeness (QED) is 0.768.